The van der Waals surface area contributed by atoms with Gasteiger partial charge in [-0.25, -0.2) is 4.79 Å². The van der Waals surface area contributed by atoms with E-state index in [0.717, 1.165) is 93.3 Å². The minimum atomic E-state index is -0.340. The SMILES string of the molecule is COC(=O)c1ccc(CCc2ccc(NC(=O)c3c(NC(=O)c4cccc(CNC5CCN(C)CC5)c4)sc4c3CCCC4)cc2)cc1. The summed E-state index contributed by atoms with van der Waals surface area (Å²) in [5, 5.41) is 10.5. The Hall–Kier alpha value is -4.31. The van der Waals surface area contributed by atoms with Crippen molar-refractivity contribution < 1.29 is 19.1 Å². The smallest absolute Gasteiger partial charge is 0.337 e. The number of carbonyl (C=O) groups is 3. The van der Waals surface area contributed by atoms with Gasteiger partial charge in [0.15, 0.2) is 0 Å². The lowest BCUT2D eigenvalue weighted by Gasteiger charge is -2.29. The second-order valence-electron chi connectivity index (χ2n) is 12.9. The molecule has 3 N–H and O–H groups in total. The number of carbonyl (C=O) groups excluding carboxylic acids is 3. The summed E-state index contributed by atoms with van der Waals surface area (Å²) < 4.78 is 4.78. The number of thiophene rings is 1. The number of methoxy groups -OCH3 is 1. The maximum absolute atomic E-state index is 13.8. The lowest BCUT2D eigenvalue weighted by molar-refractivity contribution is 0.0600. The van der Waals surface area contributed by atoms with Gasteiger partial charge in [-0.15, -0.1) is 11.3 Å². The van der Waals surface area contributed by atoms with Gasteiger partial charge in [0.2, 0.25) is 0 Å². The van der Waals surface area contributed by atoms with Crippen LogP contribution in [0.25, 0.3) is 0 Å². The molecule has 2 aliphatic rings. The maximum Gasteiger partial charge on any atom is 0.337 e. The molecule has 1 saturated heterocycles. The number of aryl methyl sites for hydroxylation is 3. The van der Waals surface area contributed by atoms with Crippen molar-refractivity contribution >= 4 is 39.8 Å². The molecule has 8 nitrogen and oxygen atoms in total. The van der Waals surface area contributed by atoms with E-state index in [4.69, 9.17) is 4.74 Å². The molecule has 0 unspecified atom stereocenters. The topological polar surface area (TPSA) is 99.8 Å². The van der Waals surface area contributed by atoms with Crippen molar-refractivity contribution in [2.24, 2.45) is 0 Å². The Labute approximate surface area is 286 Å². The Morgan fingerprint density at radius 3 is 2.21 bits per heavy atom. The predicted molar refractivity (Wildman–Crippen MR) is 192 cm³/mol. The van der Waals surface area contributed by atoms with Crippen molar-refractivity contribution in [3.63, 3.8) is 0 Å². The van der Waals surface area contributed by atoms with Gasteiger partial charge in [0, 0.05) is 28.7 Å². The Bertz CT molecular complexity index is 1740. The van der Waals surface area contributed by atoms with Gasteiger partial charge in [0.1, 0.15) is 5.00 Å². The number of nitrogens with one attached hydrogen (secondary N) is 3. The van der Waals surface area contributed by atoms with Crippen LogP contribution in [0, 0.1) is 0 Å². The zero-order valence-electron chi connectivity index (χ0n) is 27.8. The van der Waals surface area contributed by atoms with Crippen LogP contribution in [0.5, 0.6) is 0 Å². The molecular weight excluding hydrogens is 621 g/mol. The van der Waals surface area contributed by atoms with Crippen molar-refractivity contribution in [2.45, 2.75) is 64.0 Å². The van der Waals surface area contributed by atoms with Crippen LogP contribution in [0.1, 0.15) is 83.9 Å². The minimum absolute atomic E-state index is 0.195. The molecule has 0 radical (unpaired) electrons. The van der Waals surface area contributed by atoms with Crippen LogP contribution in [-0.2, 0) is 37.0 Å². The van der Waals surface area contributed by atoms with Gasteiger partial charge in [-0.1, -0.05) is 36.4 Å². The highest BCUT2D eigenvalue weighted by atomic mass is 32.1. The van der Waals surface area contributed by atoms with Crippen LogP contribution in [0.3, 0.4) is 0 Å². The number of ether oxygens (including phenoxy) is 1. The van der Waals surface area contributed by atoms with Crippen molar-refractivity contribution in [3.8, 4) is 0 Å². The normalized spacial score (nSPS) is 15.0. The highest BCUT2D eigenvalue weighted by Crippen LogP contribution is 2.39. The molecule has 6 rings (SSSR count). The Kier molecular flexibility index (Phi) is 11.0. The summed E-state index contributed by atoms with van der Waals surface area (Å²) in [6.45, 7) is 2.92. The van der Waals surface area contributed by atoms with Gasteiger partial charge in [-0.2, -0.15) is 0 Å². The molecule has 250 valence electrons. The molecule has 3 aromatic carbocycles. The summed E-state index contributed by atoms with van der Waals surface area (Å²) in [4.78, 5) is 42.6. The first kappa shape index (κ1) is 33.6. The van der Waals surface area contributed by atoms with Gasteiger partial charge >= 0.3 is 5.97 Å². The first-order valence-electron chi connectivity index (χ1n) is 16.9. The average molecular weight is 665 g/mol. The molecule has 1 aliphatic carbocycles. The monoisotopic (exact) mass is 664 g/mol. The van der Waals surface area contributed by atoms with Gasteiger partial charge in [-0.3, -0.25) is 9.59 Å². The first-order valence-corrected chi connectivity index (χ1v) is 17.7. The molecule has 0 saturated carbocycles. The number of benzene rings is 3. The third-order valence-electron chi connectivity index (χ3n) is 9.42. The minimum Gasteiger partial charge on any atom is -0.465 e. The summed E-state index contributed by atoms with van der Waals surface area (Å²) in [7, 11) is 3.54. The fourth-order valence-electron chi connectivity index (χ4n) is 6.53. The lowest BCUT2D eigenvalue weighted by Crippen LogP contribution is -2.40. The molecule has 9 heteroatoms. The Morgan fingerprint density at radius 1 is 0.812 bits per heavy atom. The van der Waals surface area contributed by atoms with E-state index in [-0.39, 0.29) is 17.8 Å². The van der Waals surface area contributed by atoms with Crippen molar-refractivity contribution in [1.82, 2.24) is 10.2 Å². The van der Waals surface area contributed by atoms with Crippen LogP contribution in [0.4, 0.5) is 10.7 Å². The Morgan fingerprint density at radius 2 is 1.50 bits per heavy atom. The van der Waals surface area contributed by atoms with Gasteiger partial charge in [0.25, 0.3) is 11.8 Å². The fourth-order valence-corrected chi connectivity index (χ4v) is 7.81. The number of anilines is 2. The van der Waals surface area contributed by atoms with E-state index in [1.807, 2.05) is 54.6 Å². The zero-order chi connectivity index (χ0) is 33.5. The molecule has 2 heterocycles. The molecule has 4 aromatic rings. The zero-order valence-corrected chi connectivity index (χ0v) is 28.6. The highest BCUT2D eigenvalue weighted by molar-refractivity contribution is 7.17. The fraction of sp³-hybridized carbons (Fsp3) is 0.359. The van der Waals surface area contributed by atoms with Crippen LogP contribution in [0.15, 0.2) is 72.8 Å². The summed E-state index contributed by atoms with van der Waals surface area (Å²) >= 11 is 1.53. The molecular formula is C39H44N4O4S. The largest absolute Gasteiger partial charge is 0.465 e. The standard InChI is InChI=1S/C39H44N4O4S/c1-43-22-20-31(21-23-43)40-25-28-6-5-7-30(24-28)36(44)42-38-35(33-8-3-4-9-34(33)48-38)37(45)41-32-18-14-27(15-19-32)11-10-26-12-16-29(17-13-26)39(46)47-2/h5-7,12-19,24,31,40H,3-4,8-11,20-23,25H2,1-2H3,(H,41,45)(H,42,44). The summed E-state index contributed by atoms with van der Waals surface area (Å²) in [5.74, 6) is -0.736. The van der Waals surface area contributed by atoms with E-state index in [1.165, 1.54) is 23.3 Å². The number of hydrogen-bond acceptors (Lipinski definition) is 7. The van der Waals surface area contributed by atoms with Gasteiger partial charge < -0.3 is 25.6 Å². The van der Waals surface area contributed by atoms with E-state index >= 15 is 0 Å². The van der Waals surface area contributed by atoms with Gasteiger partial charge in [-0.05, 0) is 130 Å². The van der Waals surface area contributed by atoms with E-state index in [9.17, 15) is 14.4 Å². The number of esters is 1. The van der Waals surface area contributed by atoms with Crippen LogP contribution in [-0.4, -0.2) is 56.0 Å². The molecule has 1 aliphatic heterocycles. The van der Waals surface area contributed by atoms with E-state index in [2.05, 4.69) is 34.0 Å². The summed E-state index contributed by atoms with van der Waals surface area (Å²) in [6.07, 6.45) is 7.80. The molecule has 0 bridgehead atoms. The highest BCUT2D eigenvalue weighted by Gasteiger charge is 2.27. The molecule has 0 spiro atoms. The second-order valence-corrected chi connectivity index (χ2v) is 14.0. The Balaban J connectivity index is 1.09. The van der Waals surface area contributed by atoms with E-state index in [1.54, 1.807) is 12.1 Å². The molecule has 1 aromatic heterocycles. The van der Waals surface area contributed by atoms with Crippen LogP contribution < -0.4 is 16.0 Å². The third-order valence-corrected chi connectivity index (χ3v) is 10.6. The lowest BCUT2D eigenvalue weighted by atomic mass is 9.95. The molecule has 2 amide bonds. The quantitative estimate of drug-likeness (QED) is 0.151. The predicted octanol–water partition coefficient (Wildman–Crippen LogP) is 6.89. The van der Waals surface area contributed by atoms with Crippen LogP contribution >= 0.6 is 11.3 Å². The van der Waals surface area contributed by atoms with Gasteiger partial charge in [0.05, 0.1) is 18.2 Å². The van der Waals surface area contributed by atoms with Crippen LogP contribution in [0.2, 0.25) is 0 Å². The summed E-state index contributed by atoms with van der Waals surface area (Å²) in [5.41, 5.74) is 6.84. The van der Waals surface area contributed by atoms with Crippen molar-refractivity contribution in [3.05, 3.63) is 117 Å². The number of rotatable bonds is 11. The van der Waals surface area contributed by atoms with Crippen molar-refractivity contribution in [1.29, 1.82) is 0 Å². The van der Waals surface area contributed by atoms with Crippen molar-refractivity contribution in [2.75, 3.05) is 37.9 Å². The summed E-state index contributed by atoms with van der Waals surface area (Å²) in [6, 6.07) is 23.6. The molecule has 1 fully saturated rings. The number of nitrogens with zero attached hydrogens (tertiary/aromatic N) is 1. The average Bonchev–Trinajstić information content (AvgIpc) is 3.49. The number of likely N-dealkylation sites (tertiary alicyclic amines) is 1. The maximum atomic E-state index is 13.8. The molecule has 0 atom stereocenters. The van der Waals surface area contributed by atoms with E-state index in [0.29, 0.717) is 33.4 Å². The number of amides is 2. The number of hydrogen-bond donors (Lipinski definition) is 3. The number of piperidine rings is 1. The first-order chi connectivity index (χ1) is 23.4. The number of fused-ring (bicyclic) bond motifs is 1. The third kappa shape index (κ3) is 8.39. The molecule has 48 heavy (non-hydrogen) atoms. The van der Waals surface area contributed by atoms with E-state index < -0.39 is 0 Å². The second kappa shape index (κ2) is 15.7.